The first kappa shape index (κ1) is 20.3. The molecule has 0 saturated carbocycles. The van der Waals surface area contributed by atoms with Crippen molar-refractivity contribution in [2.75, 3.05) is 10.5 Å². The molecule has 29 heavy (non-hydrogen) atoms. The van der Waals surface area contributed by atoms with Gasteiger partial charge in [-0.15, -0.1) is 0 Å². The second kappa shape index (κ2) is 8.70. The number of guanidine groups is 1. The number of carbonyl (C=O) groups is 1. The fourth-order valence-corrected chi connectivity index (χ4v) is 3.97. The summed E-state index contributed by atoms with van der Waals surface area (Å²) in [5.41, 5.74) is 8.71. The standard InChI is InChI=1S/C20H21N5O3S/c1-2-10-29(27,28)25-15-8-9-16-18(11-15)23-17(14-6-4-3-5-7-14)12-19(16)24-20(21)22-13-26/h3-9,11-13,25H,2,10H2,1H3,(H3,21,22,23,24,26). The van der Waals surface area contributed by atoms with Gasteiger partial charge >= 0.3 is 0 Å². The van der Waals surface area contributed by atoms with Gasteiger partial charge in [-0.25, -0.2) is 18.4 Å². The van der Waals surface area contributed by atoms with Gasteiger partial charge in [-0.05, 0) is 30.7 Å². The number of hydrogen-bond donors (Lipinski definition) is 3. The lowest BCUT2D eigenvalue weighted by atomic mass is 10.1. The van der Waals surface area contributed by atoms with E-state index in [1.165, 1.54) is 0 Å². The van der Waals surface area contributed by atoms with Crippen molar-refractivity contribution >= 4 is 44.7 Å². The molecule has 0 aliphatic rings. The Balaban J connectivity index is 2.15. The first-order chi connectivity index (χ1) is 13.9. The van der Waals surface area contributed by atoms with Crippen molar-refractivity contribution in [1.82, 2.24) is 10.3 Å². The average Bonchev–Trinajstić information content (AvgIpc) is 2.68. The summed E-state index contributed by atoms with van der Waals surface area (Å²) in [5, 5.41) is 2.98. The number of hydrogen-bond acceptors (Lipinski definition) is 5. The molecule has 3 aromatic rings. The predicted molar refractivity (Wildman–Crippen MR) is 115 cm³/mol. The summed E-state index contributed by atoms with van der Waals surface area (Å²) in [4.78, 5) is 19.6. The van der Waals surface area contributed by atoms with Crippen LogP contribution in [0.1, 0.15) is 13.3 Å². The topological polar surface area (TPSA) is 127 Å². The maximum Gasteiger partial charge on any atom is 0.232 e. The molecule has 0 atom stereocenters. The van der Waals surface area contributed by atoms with Crippen LogP contribution >= 0.6 is 0 Å². The van der Waals surface area contributed by atoms with E-state index in [0.29, 0.717) is 40.8 Å². The zero-order chi connectivity index (χ0) is 20.9. The quantitative estimate of drug-likeness (QED) is 0.313. The molecular weight excluding hydrogens is 390 g/mol. The van der Waals surface area contributed by atoms with Gasteiger partial charge in [-0.1, -0.05) is 37.3 Å². The second-order valence-electron chi connectivity index (χ2n) is 6.30. The maximum atomic E-state index is 12.1. The van der Waals surface area contributed by atoms with Gasteiger partial charge in [-0.2, -0.15) is 0 Å². The number of nitrogens with two attached hydrogens (primary N) is 1. The molecule has 0 spiro atoms. The maximum absolute atomic E-state index is 12.1. The first-order valence-electron chi connectivity index (χ1n) is 8.97. The highest BCUT2D eigenvalue weighted by Gasteiger charge is 2.12. The highest BCUT2D eigenvalue weighted by molar-refractivity contribution is 7.92. The molecule has 0 aliphatic heterocycles. The number of aliphatic imine (C=N–C) groups is 1. The number of nitrogens with one attached hydrogen (secondary N) is 2. The molecular formula is C20H21N5O3S. The summed E-state index contributed by atoms with van der Waals surface area (Å²) in [7, 11) is -3.43. The van der Waals surface area contributed by atoms with Crippen molar-refractivity contribution in [3.05, 3.63) is 54.6 Å². The molecule has 1 amide bonds. The van der Waals surface area contributed by atoms with Crippen molar-refractivity contribution < 1.29 is 13.2 Å². The minimum Gasteiger partial charge on any atom is -0.369 e. The van der Waals surface area contributed by atoms with Crippen molar-refractivity contribution in [2.45, 2.75) is 13.3 Å². The lowest BCUT2D eigenvalue weighted by molar-refractivity contribution is -0.108. The Morgan fingerprint density at radius 3 is 2.62 bits per heavy atom. The highest BCUT2D eigenvalue weighted by atomic mass is 32.2. The van der Waals surface area contributed by atoms with Crippen molar-refractivity contribution in [3.63, 3.8) is 0 Å². The van der Waals surface area contributed by atoms with Gasteiger partial charge in [0.2, 0.25) is 16.4 Å². The Bertz CT molecular complexity index is 1160. The van der Waals surface area contributed by atoms with E-state index in [9.17, 15) is 13.2 Å². The van der Waals surface area contributed by atoms with E-state index in [1.807, 2.05) is 30.3 Å². The van der Waals surface area contributed by atoms with E-state index in [-0.39, 0.29) is 11.7 Å². The molecule has 2 aromatic carbocycles. The number of sulfonamides is 1. The van der Waals surface area contributed by atoms with Crippen LogP contribution in [0.3, 0.4) is 0 Å². The van der Waals surface area contributed by atoms with E-state index in [1.54, 1.807) is 31.2 Å². The third-order valence-electron chi connectivity index (χ3n) is 4.05. The van der Waals surface area contributed by atoms with Gasteiger partial charge in [0.25, 0.3) is 0 Å². The molecule has 0 saturated heterocycles. The minimum atomic E-state index is -3.43. The third-order valence-corrected chi connectivity index (χ3v) is 5.54. The number of fused-ring (bicyclic) bond motifs is 1. The number of aromatic nitrogens is 1. The summed E-state index contributed by atoms with van der Waals surface area (Å²) < 4.78 is 26.8. The number of rotatable bonds is 7. The summed E-state index contributed by atoms with van der Waals surface area (Å²) in [6, 6.07) is 16.3. The van der Waals surface area contributed by atoms with Gasteiger partial charge < -0.3 is 5.73 Å². The summed E-state index contributed by atoms with van der Waals surface area (Å²) in [6.07, 6.45) is 0.960. The lowest BCUT2D eigenvalue weighted by Gasteiger charge is -2.11. The Hall–Kier alpha value is -3.46. The van der Waals surface area contributed by atoms with Crippen LogP contribution in [0.5, 0.6) is 0 Å². The van der Waals surface area contributed by atoms with Crippen LogP contribution in [0, 0.1) is 0 Å². The van der Waals surface area contributed by atoms with E-state index in [4.69, 9.17) is 5.73 Å². The average molecular weight is 411 g/mol. The molecule has 0 aliphatic carbocycles. The molecule has 1 aromatic heterocycles. The molecule has 0 radical (unpaired) electrons. The van der Waals surface area contributed by atoms with Crippen LogP contribution in [0.25, 0.3) is 22.2 Å². The zero-order valence-electron chi connectivity index (χ0n) is 15.8. The van der Waals surface area contributed by atoms with Gasteiger partial charge in [0.15, 0.2) is 5.96 Å². The van der Waals surface area contributed by atoms with Crippen molar-refractivity contribution in [1.29, 1.82) is 0 Å². The number of anilines is 1. The van der Waals surface area contributed by atoms with Crippen molar-refractivity contribution in [3.8, 4) is 11.3 Å². The van der Waals surface area contributed by atoms with Crippen LogP contribution in [0.4, 0.5) is 11.4 Å². The molecule has 3 rings (SSSR count). The summed E-state index contributed by atoms with van der Waals surface area (Å²) >= 11 is 0. The van der Waals surface area contributed by atoms with Gasteiger partial charge in [-0.3, -0.25) is 14.8 Å². The smallest absolute Gasteiger partial charge is 0.232 e. The molecule has 0 unspecified atom stereocenters. The second-order valence-corrected chi connectivity index (χ2v) is 8.15. The molecule has 0 bridgehead atoms. The van der Waals surface area contributed by atoms with E-state index in [0.717, 1.165) is 5.56 Å². The zero-order valence-corrected chi connectivity index (χ0v) is 16.6. The third kappa shape index (κ3) is 5.08. The largest absolute Gasteiger partial charge is 0.369 e. The van der Waals surface area contributed by atoms with Crippen LogP contribution in [0.2, 0.25) is 0 Å². The number of pyridine rings is 1. The number of amides is 1. The van der Waals surface area contributed by atoms with Crippen molar-refractivity contribution in [2.24, 2.45) is 10.7 Å². The number of benzene rings is 2. The molecule has 9 heteroatoms. The van der Waals surface area contributed by atoms with Crippen LogP contribution in [0.15, 0.2) is 59.6 Å². The van der Waals surface area contributed by atoms with Crippen LogP contribution in [-0.4, -0.2) is 31.5 Å². The lowest BCUT2D eigenvalue weighted by Crippen LogP contribution is -2.29. The Morgan fingerprint density at radius 2 is 1.93 bits per heavy atom. The molecule has 8 nitrogen and oxygen atoms in total. The number of nitrogens with zero attached hydrogens (tertiary/aromatic N) is 2. The fourth-order valence-electron chi connectivity index (χ4n) is 2.84. The fraction of sp³-hybridized carbons (Fsp3) is 0.150. The first-order valence-corrected chi connectivity index (χ1v) is 10.6. The summed E-state index contributed by atoms with van der Waals surface area (Å²) in [6.45, 7) is 1.80. The normalized spacial score (nSPS) is 12.0. The minimum absolute atomic E-state index is 0.0337. The van der Waals surface area contributed by atoms with Gasteiger partial charge in [0, 0.05) is 10.9 Å². The molecule has 4 N–H and O–H groups in total. The van der Waals surface area contributed by atoms with E-state index >= 15 is 0 Å². The molecule has 1 heterocycles. The Kier molecular flexibility index (Phi) is 6.08. The van der Waals surface area contributed by atoms with Gasteiger partial charge in [0.1, 0.15) is 0 Å². The molecule has 150 valence electrons. The van der Waals surface area contributed by atoms with Crippen LogP contribution in [-0.2, 0) is 14.8 Å². The Labute approximate surface area is 168 Å². The number of carbonyl (C=O) groups excluding carboxylic acids is 1. The SMILES string of the molecule is CCCS(=O)(=O)Nc1ccc2c(N=C(N)NC=O)cc(-c3ccccc3)nc2c1. The van der Waals surface area contributed by atoms with E-state index in [2.05, 4.69) is 20.0 Å². The molecule has 0 fully saturated rings. The highest BCUT2D eigenvalue weighted by Crippen LogP contribution is 2.32. The predicted octanol–water partition coefficient (Wildman–Crippen LogP) is 2.75. The summed E-state index contributed by atoms with van der Waals surface area (Å²) in [5.74, 6) is -0.0226. The van der Waals surface area contributed by atoms with Crippen LogP contribution < -0.4 is 15.8 Å². The Morgan fingerprint density at radius 1 is 1.17 bits per heavy atom. The van der Waals surface area contributed by atoms with E-state index < -0.39 is 10.0 Å². The van der Waals surface area contributed by atoms with Gasteiger partial charge in [0.05, 0.1) is 28.3 Å². The monoisotopic (exact) mass is 411 g/mol.